The molecule has 0 radical (unpaired) electrons. The van der Waals surface area contributed by atoms with Crippen molar-refractivity contribution < 1.29 is 0 Å². The van der Waals surface area contributed by atoms with Crippen LogP contribution in [-0.2, 0) is 0 Å². The zero-order valence-corrected chi connectivity index (χ0v) is 8.83. The fourth-order valence-electron chi connectivity index (χ4n) is 1.72. The van der Waals surface area contributed by atoms with Crippen LogP contribution in [0.2, 0.25) is 0 Å². The van der Waals surface area contributed by atoms with Crippen molar-refractivity contribution >= 4 is 5.52 Å². The zero-order chi connectivity index (χ0) is 11.0. The van der Waals surface area contributed by atoms with Crippen LogP contribution in [0, 0.1) is 6.92 Å². The van der Waals surface area contributed by atoms with Crippen molar-refractivity contribution in [3.63, 3.8) is 0 Å². The first-order chi connectivity index (χ1) is 7.84. The van der Waals surface area contributed by atoms with E-state index < -0.39 is 0 Å². The summed E-state index contributed by atoms with van der Waals surface area (Å²) in [5, 5.41) is 4.28. The third kappa shape index (κ3) is 1.35. The average molecular weight is 210 g/mol. The molecule has 0 aliphatic carbocycles. The first-order valence-electron chi connectivity index (χ1n) is 5.05. The molecule has 0 N–H and O–H groups in total. The van der Waals surface area contributed by atoms with Crippen molar-refractivity contribution in [3.05, 3.63) is 48.7 Å². The van der Waals surface area contributed by atoms with E-state index in [2.05, 4.69) is 21.1 Å². The third-order valence-corrected chi connectivity index (χ3v) is 2.59. The second-order valence-corrected chi connectivity index (χ2v) is 3.67. The molecule has 0 aliphatic rings. The number of fused-ring (bicyclic) bond motifs is 1. The van der Waals surface area contributed by atoms with Gasteiger partial charge in [0.2, 0.25) is 0 Å². The molecule has 4 nitrogen and oxygen atoms in total. The molecule has 3 aromatic heterocycles. The van der Waals surface area contributed by atoms with E-state index in [1.807, 2.05) is 36.0 Å². The minimum atomic E-state index is 0.907. The molecular formula is C12H10N4. The fraction of sp³-hybridized carbons (Fsp3) is 0.0833. The van der Waals surface area contributed by atoms with Crippen molar-refractivity contribution in [1.82, 2.24) is 19.6 Å². The van der Waals surface area contributed by atoms with E-state index in [1.165, 1.54) is 5.56 Å². The van der Waals surface area contributed by atoms with Gasteiger partial charge in [0.25, 0.3) is 0 Å². The SMILES string of the molecule is Cc1cnn2cc(-c3ccncn3)ccc12. The van der Waals surface area contributed by atoms with Crippen LogP contribution in [0.25, 0.3) is 16.8 Å². The Hall–Kier alpha value is -2.23. The van der Waals surface area contributed by atoms with Gasteiger partial charge in [0, 0.05) is 18.0 Å². The smallest absolute Gasteiger partial charge is 0.116 e. The Morgan fingerprint density at radius 1 is 1.19 bits per heavy atom. The summed E-state index contributed by atoms with van der Waals surface area (Å²) in [6.07, 6.45) is 7.12. The van der Waals surface area contributed by atoms with Gasteiger partial charge in [-0.1, -0.05) is 0 Å². The second-order valence-electron chi connectivity index (χ2n) is 3.67. The summed E-state index contributed by atoms with van der Waals surface area (Å²) in [7, 11) is 0. The van der Waals surface area contributed by atoms with Crippen molar-refractivity contribution in [2.24, 2.45) is 0 Å². The summed E-state index contributed by atoms with van der Waals surface area (Å²) < 4.78 is 1.87. The van der Waals surface area contributed by atoms with E-state index in [-0.39, 0.29) is 0 Å². The van der Waals surface area contributed by atoms with Crippen molar-refractivity contribution in [2.45, 2.75) is 6.92 Å². The molecule has 0 amide bonds. The summed E-state index contributed by atoms with van der Waals surface area (Å²) in [5.74, 6) is 0. The fourth-order valence-corrected chi connectivity index (χ4v) is 1.72. The highest BCUT2D eigenvalue weighted by molar-refractivity contribution is 5.63. The van der Waals surface area contributed by atoms with Crippen LogP contribution in [0.4, 0.5) is 0 Å². The minimum Gasteiger partial charge on any atom is -0.245 e. The van der Waals surface area contributed by atoms with Crippen molar-refractivity contribution in [3.8, 4) is 11.3 Å². The summed E-state index contributed by atoms with van der Waals surface area (Å²) in [5.41, 5.74) is 4.25. The van der Waals surface area contributed by atoms with Gasteiger partial charge in [-0.3, -0.25) is 0 Å². The molecule has 3 heterocycles. The largest absolute Gasteiger partial charge is 0.245 e. The average Bonchev–Trinajstić information content (AvgIpc) is 2.72. The summed E-state index contributed by atoms with van der Waals surface area (Å²) in [6.45, 7) is 2.05. The molecule has 0 unspecified atom stereocenters. The van der Waals surface area contributed by atoms with E-state index in [9.17, 15) is 0 Å². The van der Waals surface area contributed by atoms with Gasteiger partial charge in [0.1, 0.15) is 6.33 Å². The summed E-state index contributed by atoms with van der Waals surface area (Å²) in [6, 6.07) is 5.99. The number of pyridine rings is 1. The Labute approximate surface area is 92.6 Å². The molecular weight excluding hydrogens is 200 g/mol. The van der Waals surface area contributed by atoms with Crippen LogP contribution in [-0.4, -0.2) is 19.6 Å². The first kappa shape index (κ1) is 9.03. The highest BCUT2D eigenvalue weighted by Crippen LogP contribution is 2.18. The lowest BCUT2D eigenvalue weighted by Gasteiger charge is -2.01. The summed E-state index contributed by atoms with van der Waals surface area (Å²) in [4.78, 5) is 8.11. The second kappa shape index (κ2) is 3.41. The number of nitrogens with zero attached hydrogens (tertiary/aromatic N) is 4. The molecule has 0 bridgehead atoms. The maximum absolute atomic E-state index is 4.28. The number of aryl methyl sites for hydroxylation is 1. The molecule has 0 aromatic carbocycles. The Kier molecular flexibility index (Phi) is 1.93. The molecule has 0 spiro atoms. The highest BCUT2D eigenvalue weighted by Gasteiger charge is 2.02. The van der Waals surface area contributed by atoms with E-state index in [0.29, 0.717) is 0 Å². The molecule has 0 saturated heterocycles. The van der Waals surface area contributed by atoms with Crippen LogP contribution in [0.15, 0.2) is 43.1 Å². The lowest BCUT2D eigenvalue weighted by atomic mass is 10.2. The number of aromatic nitrogens is 4. The van der Waals surface area contributed by atoms with Crippen LogP contribution < -0.4 is 0 Å². The molecule has 3 aromatic rings. The van der Waals surface area contributed by atoms with E-state index in [1.54, 1.807) is 12.5 Å². The predicted octanol–water partition coefficient (Wildman–Crippen LogP) is 2.10. The Morgan fingerprint density at radius 3 is 2.94 bits per heavy atom. The van der Waals surface area contributed by atoms with Gasteiger partial charge in [-0.05, 0) is 30.7 Å². The maximum atomic E-state index is 4.28. The molecule has 4 heteroatoms. The zero-order valence-electron chi connectivity index (χ0n) is 8.83. The Morgan fingerprint density at radius 2 is 2.12 bits per heavy atom. The molecule has 0 fully saturated rings. The van der Waals surface area contributed by atoms with E-state index in [4.69, 9.17) is 0 Å². The Balaban J connectivity index is 2.19. The monoisotopic (exact) mass is 210 g/mol. The number of hydrogen-bond acceptors (Lipinski definition) is 3. The lowest BCUT2D eigenvalue weighted by Crippen LogP contribution is -1.90. The highest BCUT2D eigenvalue weighted by atomic mass is 15.2. The van der Waals surface area contributed by atoms with Gasteiger partial charge < -0.3 is 0 Å². The van der Waals surface area contributed by atoms with Crippen molar-refractivity contribution in [2.75, 3.05) is 0 Å². The van der Waals surface area contributed by atoms with Gasteiger partial charge in [-0.2, -0.15) is 5.10 Å². The molecule has 0 atom stereocenters. The normalized spacial score (nSPS) is 10.8. The summed E-state index contributed by atoms with van der Waals surface area (Å²) >= 11 is 0. The number of hydrogen-bond donors (Lipinski definition) is 0. The molecule has 0 aliphatic heterocycles. The minimum absolute atomic E-state index is 0.907. The Bertz CT molecular complexity index is 628. The molecule has 0 saturated carbocycles. The maximum Gasteiger partial charge on any atom is 0.116 e. The predicted molar refractivity (Wildman–Crippen MR) is 61.0 cm³/mol. The standard InChI is InChI=1S/C12H10N4/c1-9-6-15-16-7-10(2-3-12(9)16)11-4-5-13-8-14-11/h2-8H,1H3. The van der Waals surface area contributed by atoms with Crippen LogP contribution in [0.5, 0.6) is 0 Å². The molecule has 78 valence electrons. The van der Waals surface area contributed by atoms with Gasteiger partial charge in [-0.25, -0.2) is 14.5 Å². The van der Waals surface area contributed by atoms with Crippen LogP contribution in [0.1, 0.15) is 5.56 Å². The van der Waals surface area contributed by atoms with Gasteiger partial charge in [0.05, 0.1) is 17.4 Å². The number of rotatable bonds is 1. The quantitative estimate of drug-likeness (QED) is 0.617. The lowest BCUT2D eigenvalue weighted by molar-refractivity contribution is 0.961. The van der Waals surface area contributed by atoms with E-state index in [0.717, 1.165) is 16.8 Å². The molecule has 16 heavy (non-hydrogen) atoms. The van der Waals surface area contributed by atoms with Crippen molar-refractivity contribution in [1.29, 1.82) is 0 Å². The van der Waals surface area contributed by atoms with Gasteiger partial charge in [0.15, 0.2) is 0 Å². The van der Waals surface area contributed by atoms with Crippen LogP contribution >= 0.6 is 0 Å². The first-order valence-corrected chi connectivity index (χ1v) is 5.05. The van der Waals surface area contributed by atoms with Crippen LogP contribution in [0.3, 0.4) is 0 Å². The van der Waals surface area contributed by atoms with Gasteiger partial charge >= 0.3 is 0 Å². The third-order valence-electron chi connectivity index (χ3n) is 2.59. The molecule has 3 rings (SSSR count). The van der Waals surface area contributed by atoms with E-state index >= 15 is 0 Å². The topological polar surface area (TPSA) is 43.1 Å². The van der Waals surface area contributed by atoms with Gasteiger partial charge in [-0.15, -0.1) is 0 Å².